The zero-order chi connectivity index (χ0) is 16.5. The van der Waals surface area contributed by atoms with Crippen LogP contribution < -0.4 is 10.1 Å². The van der Waals surface area contributed by atoms with Gasteiger partial charge in [0.1, 0.15) is 5.75 Å². The van der Waals surface area contributed by atoms with Crippen LogP contribution >= 0.6 is 0 Å². The second-order valence-corrected chi connectivity index (χ2v) is 5.83. The van der Waals surface area contributed by atoms with Crippen molar-refractivity contribution in [1.82, 2.24) is 0 Å². The largest absolute Gasteiger partial charge is 0.494 e. The van der Waals surface area contributed by atoms with Crippen molar-refractivity contribution in [1.29, 1.82) is 0 Å². The molecule has 0 bridgehead atoms. The highest BCUT2D eigenvalue weighted by molar-refractivity contribution is 6.02. The Morgan fingerprint density at radius 3 is 2.48 bits per heavy atom. The number of carbonyl (C=O) groups is 2. The Hall–Kier alpha value is -2.30. The normalized spacial score (nSPS) is 15.5. The SMILES string of the molecule is O=C(O)/C=C/C(=O)Nc1ccc(OCCC2CCCCC2)cc1. The van der Waals surface area contributed by atoms with Gasteiger partial charge in [-0.15, -0.1) is 0 Å². The zero-order valence-corrected chi connectivity index (χ0v) is 13.2. The Labute approximate surface area is 136 Å². The van der Waals surface area contributed by atoms with Gasteiger partial charge in [0.25, 0.3) is 0 Å². The van der Waals surface area contributed by atoms with Crippen LogP contribution in [0, 0.1) is 5.92 Å². The van der Waals surface area contributed by atoms with Gasteiger partial charge in [0, 0.05) is 17.8 Å². The van der Waals surface area contributed by atoms with E-state index < -0.39 is 11.9 Å². The maximum atomic E-state index is 11.5. The molecule has 0 atom stereocenters. The molecular formula is C18H23NO4. The highest BCUT2D eigenvalue weighted by atomic mass is 16.5. The number of amides is 1. The Balaban J connectivity index is 1.73. The van der Waals surface area contributed by atoms with E-state index in [9.17, 15) is 9.59 Å². The molecule has 5 heteroatoms. The van der Waals surface area contributed by atoms with Crippen LogP contribution in [0.1, 0.15) is 38.5 Å². The number of nitrogens with one attached hydrogen (secondary N) is 1. The van der Waals surface area contributed by atoms with Crippen LogP contribution in [-0.2, 0) is 9.59 Å². The zero-order valence-electron chi connectivity index (χ0n) is 13.2. The van der Waals surface area contributed by atoms with Gasteiger partial charge in [0.15, 0.2) is 0 Å². The minimum absolute atomic E-state index is 0.474. The molecule has 5 nitrogen and oxygen atoms in total. The summed E-state index contributed by atoms with van der Waals surface area (Å²) >= 11 is 0. The molecule has 2 rings (SSSR count). The number of hydrogen-bond acceptors (Lipinski definition) is 3. The van der Waals surface area contributed by atoms with E-state index in [1.165, 1.54) is 32.1 Å². The van der Waals surface area contributed by atoms with E-state index in [4.69, 9.17) is 9.84 Å². The minimum Gasteiger partial charge on any atom is -0.494 e. The molecule has 0 aromatic heterocycles. The van der Waals surface area contributed by atoms with E-state index in [0.29, 0.717) is 5.69 Å². The third-order valence-electron chi connectivity index (χ3n) is 4.02. The first-order valence-electron chi connectivity index (χ1n) is 8.08. The topological polar surface area (TPSA) is 75.6 Å². The van der Waals surface area contributed by atoms with E-state index in [-0.39, 0.29) is 0 Å². The first-order chi connectivity index (χ1) is 11.1. The molecule has 2 N–H and O–H groups in total. The second-order valence-electron chi connectivity index (χ2n) is 5.83. The van der Waals surface area contributed by atoms with Gasteiger partial charge in [-0.1, -0.05) is 32.1 Å². The number of rotatable bonds is 7. The molecule has 0 heterocycles. The number of benzene rings is 1. The van der Waals surface area contributed by atoms with Crippen LogP contribution in [0.5, 0.6) is 5.75 Å². The van der Waals surface area contributed by atoms with Crippen LogP contribution in [0.25, 0.3) is 0 Å². The Morgan fingerprint density at radius 1 is 1.13 bits per heavy atom. The van der Waals surface area contributed by atoms with Crippen molar-refractivity contribution in [2.45, 2.75) is 38.5 Å². The molecule has 1 fully saturated rings. The fourth-order valence-corrected chi connectivity index (χ4v) is 2.78. The second kappa shape index (κ2) is 8.98. The monoisotopic (exact) mass is 317 g/mol. The summed E-state index contributed by atoms with van der Waals surface area (Å²) in [6, 6.07) is 7.08. The summed E-state index contributed by atoms with van der Waals surface area (Å²) in [6.45, 7) is 0.720. The van der Waals surface area contributed by atoms with Crippen molar-refractivity contribution in [3.8, 4) is 5.75 Å². The van der Waals surface area contributed by atoms with Gasteiger partial charge < -0.3 is 15.2 Å². The first-order valence-corrected chi connectivity index (χ1v) is 8.08. The van der Waals surface area contributed by atoms with Crippen LogP contribution in [0.4, 0.5) is 5.69 Å². The molecule has 124 valence electrons. The maximum absolute atomic E-state index is 11.5. The van der Waals surface area contributed by atoms with Crippen molar-refractivity contribution >= 4 is 17.6 Å². The summed E-state index contributed by atoms with van der Waals surface area (Å²) in [5.41, 5.74) is 0.602. The third kappa shape index (κ3) is 6.55. The average Bonchev–Trinajstić information content (AvgIpc) is 2.56. The lowest BCUT2D eigenvalue weighted by molar-refractivity contribution is -0.131. The third-order valence-corrected chi connectivity index (χ3v) is 4.02. The van der Waals surface area contributed by atoms with E-state index in [1.54, 1.807) is 24.3 Å². The molecule has 0 radical (unpaired) electrons. The molecule has 0 aliphatic heterocycles. The molecule has 1 aliphatic rings. The Bertz CT molecular complexity index is 545. The lowest BCUT2D eigenvalue weighted by Crippen LogP contribution is -2.11. The molecule has 0 spiro atoms. The van der Waals surface area contributed by atoms with Crippen molar-refractivity contribution in [3.63, 3.8) is 0 Å². The number of ether oxygens (including phenoxy) is 1. The molecule has 23 heavy (non-hydrogen) atoms. The molecule has 1 amide bonds. The number of aliphatic carboxylic acids is 1. The summed E-state index contributed by atoms with van der Waals surface area (Å²) < 4.78 is 5.74. The van der Waals surface area contributed by atoms with Crippen molar-refractivity contribution in [2.24, 2.45) is 5.92 Å². The van der Waals surface area contributed by atoms with Crippen LogP contribution in [-0.4, -0.2) is 23.6 Å². The molecule has 1 saturated carbocycles. The fourth-order valence-electron chi connectivity index (χ4n) is 2.78. The smallest absolute Gasteiger partial charge is 0.328 e. The Kier molecular flexibility index (Phi) is 6.66. The summed E-state index contributed by atoms with van der Waals surface area (Å²) in [5.74, 6) is -0.0524. The highest BCUT2D eigenvalue weighted by Crippen LogP contribution is 2.26. The summed E-state index contributed by atoms with van der Waals surface area (Å²) in [4.78, 5) is 21.8. The molecule has 0 saturated heterocycles. The van der Waals surface area contributed by atoms with Gasteiger partial charge in [0.2, 0.25) is 5.91 Å². The van der Waals surface area contributed by atoms with Crippen molar-refractivity contribution < 1.29 is 19.4 Å². The predicted octanol–water partition coefficient (Wildman–Crippen LogP) is 3.62. The lowest BCUT2D eigenvalue weighted by Gasteiger charge is -2.21. The van der Waals surface area contributed by atoms with Gasteiger partial charge >= 0.3 is 5.97 Å². The van der Waals surface area contributed by atoms with Crippen molar-refractivity contribution in [2.75, 3.05) is 11.9 Å². The van der Waals surface area contributed by atoms with E-state index in [2.05, 4.69) is 5.32 Å². The van der Waals surface area contributed by atoms with E-state index in [1.807, 2.05) is 0 Å². The Morgan fingerprint density at radius 2 is 1.83 bits per heavy atom. The molecule has 1 aliphatic carbocycles. The van der Waals surface area contributed by atoms with Gasteiger partial charge in [-0.3, -0.25) is 4.79 Å². The molecule has 0 unspecified atom stereocenters. The van der Waals surface area contributed by atoms with Crippen LogP contribution in [0.2, 0.25) is 0 Å². The van der Waals surface area contributed by atoms with Crippen LogP contribution in [0.3, 0.4) is 0 Å². The summed E-state index contributed by atoms with van der Waals surface area (Å²) in [5, 5.41) is 11.0. The lowest BCUT2D eigenvalue weighted by atomic mass is 9.87. The van der Waals surface area contributed by atoms with E-state index >= 15 is 0 Å². The standard InChI is InChI=1S/C18H23NO4/c20-17(10-11-18(21)22)19-15-6-8-16(9-7-15)23-13-12-14-4-2-1-3-5-14/h6-11,14H,1-5,12-13H2,(H,19,20)(H,21,22)/b11-10+. The van der Waals surface area contributed by atoms with Gasteiger partial charge in [0.05, 0.1) is 6.61 Å². The first kappa shape index (κ1) is 17.1. The molecule has 1 aromatic carbocycles. The van der Waals surface area contributed by atoms with Gasteiger partial charge in [-0.2, -0.15) is 0 Å². The number of carbonyl (C=O) groups excluding carboxylic acids is 1. The quantitative estimate of drug-likeness (QED) is 0.753. The highest BCUT2D eigenvalue weighted by Gasteiger charge is 2.13. The molecular weight excluding hydrogens is 294 g/mol. The summed E-state index contributed by atoms with van der Waals surface area (Å²) in [7, 11) is 0. The summed E-state index contributed by atoms with van der Waals surface area (Å²) in [6.07, 6.45) is 9.57. The van der Waals surface area contributed by atoms with Gasteiger partial charge in [-0.05, 0) is 36.6 Å². The van der Waals surface area contributed by atoms with Gasteiger partial charge in [-0.25, -0.2) is 4.79 Å². The number of anilines is 1. The average molecular weight is 317 g/mol. The number of carboxylic acid groups (broad SMARTS) is 1. The van der Waals surface area contributed by atoms with Crippen LogP contribution in [0.15, 0.2) is 36.4 Å². The number of hydrogen-bond donors (Lipinski definition) is 2. The van der Waals surface area contributed by atoms with Crippen molar-refractivity contribution in [3.05, 3.63) is 36.4 Å². The minimum atomic E-state index is -1.15. The number of carboxylic acids is 1. The predicted molar refractivity (Wildman–Crippen MR) is 88.5 cm³/mol. The van der Waals surface area contributed by atoms with E-state index in [0.717, 1.165) is 36.8 Å². The molecule has 1 aromatic rings. The fraction of sp³-hybridized carbons (Fsp3) is 0.444. The maximum Gasteiger partial charge on any atom is 0.328 e.